The smallest absolute Gasteiger partial charge is 0.259 e. The van der Waals surface area contributed by atoms with Crippen LogP contribution in [0, 0.1) is 0 Å². The first-order valence-electron chi connectivity index (χ1n) is 5.38. The van der Waals surface area contributed by atoms with Crippen molar-refractivity contribution < 1.29 is 13.6 Å². The fraction of sp³-hybridized carbons (Fsp3) is 0.556. The molecule has 0 fully saturated rings. The van der Waals surface area contributed by atoms with Gasteiger partial charge in [0.25, 0.3) is 10.0 Å². The Hall–Kier alpha value is -1.61. The highest BCUT2D eigenvalue weighted by atomic mass is 32.2. The Morgan fingerprint density at radius 2 is 2.33 bits per heavy atom. The SMILES string of the molecule is CCc1ncc(S(=O)(=O)N(C)CCC(N)=NO)[nH]1. The topological polar surface area (TPSA) is 125 Å². The summed E-state index contributed by atoms with van der Waals surface area (Å²) in [6.07, 6.45) is 2.07. The van der Waals surface area contributed by atoms with Crippen LogP contribution in [0.25, 0.3) is 0 Å². The van der Waals surface area contributed by atoms with E-state index in [4.69, 9.17) is 10.9 Å². The highest BCUT2D eigenvalue weighted by Gasteiger charge is 2.22. The zero-order valence-corrected chi connectivity index (χ0v) is 11.1. The molecule has 0 atom stereocenters. The number of hydrogen-bond acceptors (Lipinski definition) is 5. The van der Waals surface area contributed by atoms with Crippen LogP contribution in [0.15, 0.2) is 16.4 Å². The first-order valence-corrected chi connectivity index (χ1v) is 6.82. The molecule has 8 nitrogen and oxygen atoms in total. The molecule has 0 aliphatic heterocycles. The minimum Gasteiger partial charge on any atom is -0.409 e. The second-order valence-electron chi connectivity index (χ2n) is 3.72. The maximum Gasteiger partial charge on any atom is 0.259 e. The van der Waals surface area contributed by atoms with Crippen molar-refractivity contribution in [2.75, 3.05) is 13.6 Å². The zero-order valence-electron chi connectivity index (χ0n) is 10.3. The first-order chi connectivity index (χ1) is 8.41. The van der Waals surface area contributed by atoms with Crippen molar-refractivity contribution in [3.05, 3.63) is 12.0 Å². The molecular formula is C9H17N5O3S. The molecule has 9 heteroatoms. The summed E-state index contributed by atoms with van der Waals surface area (Å²) in [7, 11) is -2.19. The molecular weight excluding hydrogens is 258 g/mol. The molecule has 0 spiro atoms. The minimum atomic E-state index is -3.61. The van der Waals surface area contributed by atoms with Gasteiger partial charge in [-0.1, -0.05) is 12.1 Å². The van der Waals surface area contributed by atoms with Crippen molar-refractivity contribution in [1.29, 1.82) is 0 Å². The van der Waals surface area contributed by atoms with Gasteiger partial charge in [0, 0.05) is 26.4 Å². The summed E-state index contributed by atoms with van der Waals surface area (Å²) >= 11 is 0. The van der Waals surface area contributed by atoms with E-state index in [-0.39, 0.29) is 23.8 Å². The molecule has 1 heterocycles. The minimum absolute atomic E-state index is 0.0177. The average Bonchev–Trinajstić information content (AvgIpc) is 2.84. The standard InChI is InChI=1S/C9H17N5O3S/c1-3-8-11-6-9(12-8)18(16,17)14(2)5-4-7(10)13-15/h6,15H,3-5H2,1-2H3,(H2,10,13)(H,11,12). The van der Waals surface area contributed by atoms with Gasteiger partial charge in [-0.2, -0.15) is 4.31 Å². The number of rotatable bonds is 6. The van der Waals surface area contributed by atoms with Gasteiger partial charge < -0.3 is 15.9 Å². The number of nitrogens with two attached hydrogens (primary N) is 1. The molecule has 4 N–H and O–H groups in total. The first kappa shape index (κ1) is 14.5. The van der Waals surface area contributed by atoms with Crippen molar-refractivity contribution in [3.8, 4) is 0 Å². The van der Waals surface area contributed by atoms with Gasteiger partial charge in [-0.25, -0.2) is 13.4 Å². The molecule has 0 saturated carbocycles. The molecule has 0 aromatic carbocycles. The summed E-state index contributed by atoms with van der Waals surface area (Å²) in [5.74, 6) is 0.592. The fourth-order valence-corrected chi connectivity index (χ4v) is 2.36. The molecule has 0 amide bonds. The predicted molar refractivity (Wildman–Crippen MR) is 65.8 cm³/mol. The van der Waals surface area contributed by atoms with E-state index in [1.165, 1.54) is 13.2 Å². The van der Waals surface area contributed by atoms with E-state index in [0.29, 0.717) is 12.2 Å². The van der Waals surface area contributed by atoms with Crippen molar-refractivity contribution >= 4 is 15.9 Å². The van der Waals surface area contributed by atoms with Gasteiger partial charge in [0.05, 0.1) is 6.20 Å². The van der Waals surface area contributed by atoms with Crippen LogP contribution < -0.4 is 5.73 Å². The van der Waals surface area contributed by atoms with Gasteiger partial charge in [0.15, 0.2) is 5.03 Å². The lowest BCUT2D eigenvalue weighted by atomic mass is 10.4. The van der Waals surface area contributed by atoms with E-state index < -0.39 is 10.0 Å². The van der Waals surface area contributed by atoms with Crippen LogP contribution in [0.4, 0.5) is 0 Å². The van der Waals surface area contributed by atoms with Crippen molar-refractivity contribution in [1.82, 2.24) is 14.3 Å². The normalized spacial score (nSPS) is 13.2. The predicted octanol–water partition coefficient (Wildman–Crippen LogP) is -0.271. The van der Waals surface area contributed by atoms with Gasteiger partial charge in [0.2, 0.25) is 0 Å². The van der Waals surface area contributed by atoms with Crippen molar-refractivity contribution in [2.24, 2.45) is 10.9 Å². The molecule has 102 valence electrons. The lowest BCUT2D eigenvalue weighted by molar-refractivity contribution is 0.316. The van der Waals surface area contributed by atoms with Gasteiger partial charge in [-0.3, -0.25) is 0 Å². The summed E-state index contributed by atoms with van der Waals surface area (Å²) < 4.78 is 25.3. The van der Waals surface area contributed by atoms with E-state index in [0.717, 1.165) is 4.31 Å². The van der Waals surface area contributed by atoms with Crippen LogP contribution >= 0.6 is 0 Å². The molecule has 0 aliphatic carbocycles. The highest BCUT2D eigenvalue weighted by molar-refractivity contribution is 7.89. The van der Waals surface area contributed by atoms with Crippen LogP contribution in [0.1, 0.15) is 19.2 Å². The number of aromatic amines is 1. The number of H-pyrrole nitrogens is 1. The monoisotopic (exact) mass is 275 g/mol. The van der Waals surface area contributed by atoms with Crippen LogP contribution in [-0.4, -0.2) is 47.3 Å². The quantitative estimate of drug-likeness (QED) is 0.285. The Labute approximate surface area is 106 Å². The van der Waals surface area contributed by atoms with Crippen LogP contribution in [-0.2, 0) is 16.4 Å². The van der Waals surface area contributed by atoms with E-state index in [9.17, 15) is 8.42 Å². The lowest BCUT2D eigenvalue weighted by Gasteiger charge is -2.15. The number of nitrogens with one attached hydrogen (secondary N) is 1. The Kier molecular flexibility index (Phi) is 4.68. The Morgan fingerprint density at radius 3 is 2.83 bits per heavy atom. The molecule has 0 radical (unpaired) electrons. The Morgan fingerprint density at radius 1 is 1.67 bits per heavy atom. The maximum absolute atomic E-state index is 12.1. The van der Waals surface area contributed by atoms with Crippen LogP contribution in [0.5, 0.6) is 0 Å². The second kappa shape index (κ2) is 5.83. The summed E-state index contributed by atoms with van der Waals surface area (Å²) in [5, 5.41) is 11.2. The molecule has 0 saturated heterocycles. The summed E-state index contributed by atoms with van der Waals surface area (Å²) in [5.41, 5.74) is 5.29. The largest absolute Gasteiger partial charge is 0.409 e. The number of imidazole rings is 1. The number of nitrogens with zero attached hydrogens (tertiary/aromatic N) is 3. The number of aryl methyl sites for hydroxylation is 1. The van der Waals surface area contributed by atoms with Gasteiger partial charge >= 0.3 is 0 Å². The third kappa shape index (κ3) is 3.20. The third-order valence-electron chi connectivity index (χ3n) is 2.44. The van der Waals surface area contributed by atoms with E-state index in [2.05, 4.69) is 15.1 Å². The summed E-state index contributed by atoms with van der Waals surface area (Å²) in [4.78, 5) is 6.68. The van der Waals surface area contributed by atoms with Gasteiger partial charge in [0.1, 0.15) is 11.7 Å². The Bertz CT molecular complexity index is 522. The molecule has 18 heavy (non-hydrogen) atoms. The van der Waals surface area contributed by atoms with Crippen molar-refractivity contribution in [3.63, 3.8) is 0 Å². The summed E-state index contributed by atoms with van der Waals surface area (Å²) in [6.45, 7) is 2.00. The molecule has 1 aromatic rings. The number of amidine groups is 1. The third-order valence-corrected chi connectivity index (χ3v) is 4.21. The second-order valence-corrected chi connectivity index (χ2v) is 5.73. The van der Waals surface area contributed by atoms with Crippen molar-refractivity contribution in [2.45, 2.75) is 24.8 Å². The van der Waals surface area contributed by atoms with E-state index >= 15 is 0 Å². The number of aromatic nitrogens is 2. The number of sulfonamides is 1. The lowest BCUT2D eigenvalue weighted by Crippen LogP contribution is -2.30. The molecule has 0 bridgehead atoms. The number of hydrogen-bond donors (Lipinski definition) is 3. The van der Waals surface area contributed by atoms with E-state index in [1.807, 2.05) is 6.92 Å². The van der Waals surface area contributed by atoms with Gasteiger partial charge in [-0.05, 0) is 0 Å². The van der Waals surface area contributed by atoms with Crippen LogP contribution in [0.3, 0.4) is 0 Å². The van der Waals surface area contributed by atoms with Gasteiger partial charge in [-0.15, -0.1) is 0 Å². The number of oxime groups is 1. The van der Waals surface area contributed by atoms with E-state index in [1.54, 1.807) is 0 Å². The van der Waals surface area contributed by atoms with Crippen LogP contribution in [0.2, 0.25) is 0 Å². The molecule has 1 rings (SSSR count). The maximum atomic E-state index is 12.1. The summed E-state index contributed by atoms with van der Waals surface area (Å²) in [6, 6.07) is 0. The average molecular weight is 275 g/mol. The Balaban J connectivity index is 2.79. The molecule has 0 unspecified atom stereocenters. The molecule has 0 aliphatic rings. The highest BCUT2D eigenvalue weighted by Crippen LogP contribution is 2.12. The molecule has 1 aromatic heterocycles. The fourth-order valence-electron chi connectivity index (χ4n) is 1.26. The zero-order chi connectivity index (χ0) is 13.8.